The van der Waals surface area contributed by atoms with Crippen LogP contribution in [0.15, 0.2) is 0 Å². The van der Waals surface area contributed by atoms with Crippen molar-refractivity contribution in [3.8, 4) is 0 Å². The first-order valence-electron chi connectivity index (χ1n) is 15.4. The molecule has 0 aromatic rings. The fourth-order valence-corrected chi connectivity index (χ4v) is 11.7. The lowest BCUT2D eigenvalue weighted by atomic mass is 9.46. The van der Waals surface area contributed by atoms with Gasteiger partial charge in [-0.15, -0.1) is 0 Å². The van der Waals surface area contributed by atoms with Gasteiger partial charge >= 0.3 is 0 Å². The number of aliphatic hydroxyl groups is 1. The van der Waals surface area contributed by atoms with Gasteiger partial charge in [-0.3, -0.25) is 4.79 Å². The maximum atomic E-state index is 11.6. The largest absolute Gasteiger partial charge is 0.390 e. The number of rotatable bonds is 8. The number of aldehydes is 2. The predicted molar refractivity (Wildman–Crippen MR) is 143 cm³/mol. The Morgan fingerprint density at radius 3 is 2.45 bits per heavy atom. The van der Waals surface area contributed by atoms with Crippen molar-refractivity contribution in [3.05, 3.63) is 0 Å². The van der Waals surface area contributed by atoms with Gasteiger partial charge < -0.3 is 24.1 Å². The summed E-state index contributed by atoms with van der Waals surface area (Å²) in [6.45, 7) is 11.0. The number of hydrogen-bond acceptors (Lipinski definition) is 6. The van der Waals surface area contributed by atoms with Gasteiger partial charge in [-0.2, -0.15) is 0 Å². The van der Waals surface area contributed by atoms with Gasteiger partial charge in [-0.25, -0.2) is 0 Å². The maximum Gasteiger partial charge on any atom is 0.215 e. The van der Waals surface area contributed by atoms with Crippen LogP contribution in [0, 0.1) is 45.3 Å². The van der Waals surface area contributed by atoms with Crippen molar-refractivity contribution < 1.29 is 28.9 Å². The average molecular weight is 531 g/mol. The van der Waals surface area contributed by atoms with Gasteiger partial charge in [0.1, 0.15) is 12.9 Å². The third-order valence-electron chi connectivity index (χ3n) is 13.1. The molecule has 5 aliphatic carbocycles. The molecule has 0 aromatic heterocycles. The van der Waals surface area contributed by atoms with Crippen LogP contribution in [-0.4, -0.2) is 54.5 Å². The Labute approximate surface area is 228 Å². The Morgan fingerprint density at radius 1 is 0.974 bits per heavy atom. The van der Waals surface area contributed by atoms with E-state index in [9.17, 15) is 14.7 Å². The lowest BCUT2D eigenvalue weighted by molar-refractivity contribution is -0.216. The number of carbonyl (C=O) groups excluding carboxylic acids is 2. The maximum absolute atomic E-state index is 11.6. The van der Waals surface area contributed by atoms with E-state index in [1.165, 1.54) is 51.4 Å². The molecule has 1 saturated heterocycles. The first-order valence-corrected chi connectivity index (χ1v) is 15.4. The Hall–Kier alpha value is -0.820. The zero-order chi connectivity index (χ0) is 27.1. The molecule has 1 N–H and O–H groups in total. The van der Waals surface area contributed by atoms with Crippen molar-refractivity contribution >= 4 is 12.6 Å². The van der Waals surface area contributed by atoms with Gasteiger partial charge in [0.05, 0.1) is 23.9 Å². The van der Waals surface area contributed by atoms with Gasteiger partial charge in [0, 0.05) is 6.42 Å². The number of hydrogen-bond donors (Lipinski definition) is 1. The molecule has 0 radical (unpaired) electrons. The summed E-state index contributed by atoms with van der Waals surface area (Å²) in [7, 11) is 0. The third-order valence-corrected chi connectivity index (χ3v) is 13.1. The van der Waals surface area contributed by atoms with Crippen molar-refractivity contribution in [2.75, 3.05) is 6.61 Å². The first-order chi connectivity index (χ1) is 17.9. The molecule has 1 heterocycles. The summed E-state index contributed by atoms with van der Waals surface area (Å²) in [5.41, 5.74) is 0.576. The standard InChI is InChI=1S/C32H50O6/c1-28(2,35)17-20-6-7-22-24(37-20)16-23-21-8-9-25-29(3,4)26(38-27(18-34)36-15-14-33)10-11-32(25)19-31(21,32)13-12-30(22,23)5/h14,18,20-27,35H,6-13,15-17,19H2,1-5H3/t20-,21?,22?,23?,24?,25?,26?,27?,30?,31?,32?/m1/s1. The Kier molecular flexibility index (Phi) is 6.54. The number of carbonyl (C=O) groups is 2. The average Bonchev–Trinajstić information content (AvgIpc) is 3.42. The van der Waals surface area contributed by atoms with Crippen molar-refractivity contribution in [2.24, 2.45) is 45.3 Å². The van der Waals surface area contributed by atoms with E-state index >= 15 is 0 Å². The molecule has 0 bridgehead atoms. The summed E-state index contributed by atoms with van der Waals surface area (Å²) in [6.07, 6.45) is 14.0. The topological polar surface area (TPSA) is 82.1 Å². The number of fused-ring (bicyclic) bond motifs is 4. The highest BCUT2D eigenvalue weighted by molar-refractivity contribution is 5.55. The lowest BCUT2D eigenvalue weighted by Crippen LogP contribution is -2.55. The summed E-state index contributed by atoms with van der Waals surface area (Å²) in [4.78, 5) is 22.3. The molecule has 6 aliphatic rings. The molecule has 5 saturated carbocycles. The summed E-state index contributed by atoms with van der Waals surface area (Å²) >= 11 is 0. The minimum Gasteiger partial charge on any atom is -0.390 e. The zero-order valence-corrected chi connectivity index (χ0v) is 24.2. The SMILES string of the molecule is CC(C)(O)C[C@H]1CCC2C(CC3C4CCC5C(C)(C)C(OC(C=O)OCC=O)CCC56CC46CCC23C)O1. The Morgan fingerprint density at radius 2 is 1.74 bits per heavy atom. The van der Waals surface area contributed by atoms with Crippen LogP contribution in [-0.2, 0) is 23.8 Å². The normalized spacial score (nSPS) is 49.5. The van der Waals surface area contributed by atoms with Crippen molar-refractivity contribution in [3.63, 3.8) is 0 Å². The third kappa shape index (κ3) is 3.94. The molecule has 6 rings (SSSR count). The van der Waals surface area contributed by atoms with Crippen LogP contribution >= 0.6 is 0 Å². The van der Waals surface area contributed by atoms with E-state index in [0.717, 1.165) is 31.1 Å². The molecule has 10 unspecified atom stereocenters. The van der Waals surface area contributed by atoms with Gasteiger partial charge in [0.25, 0.3) is 0 Å². The molecule has 214 valence electrons. The highest BCUT2D eigenvalue weighted by atomic mass is 16.7. The molecule has 11 atom stereocenters. The van der Waals surface area contributed by atoms with Crippen LogP contribution < -0.4 is 0 Å². The first kappa shape index (κ1) is 27.4. The summed E-state index contributed by atoms with van der Waals surface area (Å²) in [5.74, 6) is 2.82. The molecular weight excluding hydrogens is 480 g/mol. The van der Waals surface area contributed by atoms with E-state index in [-0.39, 0.29) is 24.2 Å². The Balaban J connectivity index is 1.19. The quantitative estimate of drug-likeness (QED) is 0.331. The minimum atomic E-state index is -0.958. The molecule has 1 aliphatic heterocycles. The molecule has 6 heteroatoms. The van der Waals surface area contributed by atoms with Gasteiger partial charge in [0.2, 0.25) is 6.29 Å². The molecule has 6 nitrogen and oxygen atoms in total. The monoisotopic (exact) mass is 530 g/mol. The molecule has 6 fully saturated rings. The fourth-order valence-electron chi connectivity index (χ4n) is 11.7. The van der Waals surface area contributed by atoms with Gasteiger partial charge in [0.15, 0.2) is 6.29 Å². The smallest absolute Gasteiger partial charge is 0.215 e. The van der Waals surface area contributed by atoms with Crippen LogP contribution in [0.5, 0.6) is 0 Å². The second-order valence-electron chi connectivity index (χ2n) is 15.6. The summed E-state index contributed by atoms with van der Waals surface area (Å²) < 4.78 is 18.3. The fraction of sp³-hybridized carbons (Fsp3) is 0.938. The van der Waals surface area contributed by atoms with Crippen molar-refractivity contribution in [1.82, 2.24) is 0 Å². The number of ether oxygens (including phenoxy) is 3. The van der Waals surface area contributed by atoms with Crippen LogP contribution in [0.1, 0.15) is 105 Å². The van der Waals surface area contributed by atoms with E-state index in [0.29, 0.717) is 46.8 Å². The van der Waals surface area contributed by atoms with Crippen LogP contribution in [0.25, 0.3) is 0 Å². The molecule has 0 amide bonds. The predicted octanol–water partition coefficient (Wildman–Crippen LogP) is 5.48. The molecular formula is C32H50O6. The van der Waals surface area contributed by atoms with Crippen molar-refractivity contribution in [2.45, 2.75) is 135 Å². The minimum absolute atomic E-state index is 0.0292. The van der Waals surface area contributed by atoms with Gasteiger partial charge in [-0.1, -0.05) is 20.8 Å². The van der Waals surface area contributed by atoms with Gasteiger partial charge in [-0.05, 0) is 123 Å². The van der Waals surface area contributed by atoms with Crippen molar-refractivity contribution in [1.29, 1.82) is 0 Å². The highest BCUT2D eigenvalue weighted by Crippen LogP contribution is 2.87. The summed E-state index contributed by atoms with van der Waals surface area (Å²) in [5, 5.41) is 10.4. The summed E-state index contributed by atoms with van der Waals surface area (Å²) in [6, 6.07) is 0. The van der Waals surface area contributed by atoms with Crippen LogP contribution in [0.2, 0.25) is 0 Å². The van der Waals surface area contributed by atoms with E-state index in [4.69, 9.17) is 14.2 Å². The second-order valence-corrected chi connectivity index (χ2v) is 15.6. The van der Waals surface area contributed by atoms with Crippen LogP contribution in [0.4, 0.5) is 0 Å². The van der Waals surface area contributed by atoms with Crippen LogP contribution in [0.3, 0.4) is 0 Å². The zero-order valence-electron chi connectivity index (χ0n) is 24.2. The van der Waals surface area contributed by atoms with E-state index < -0.39 is 11.9 Å². The second kappa shape index (κ2) is 9.09. The van der Waals surface area contributed by atoms with E-state index in [1.54, 1.807) is 0 Å². The Bertz CT molecular complexity index is 941. The molecule has 38 heavy (non-hydrogen) atoms. The lowest BCUT2D eigenvalue weighted by Gasteiger charge is -2.59. The molecule has 2 spiro atoms. The van der Waals surface area contributed by atoms with E-state index in [1.807, 2.05) is 13.8 Å². The highest BCUT2D eigenvalue weighted by Gasteiger charge is 2.80. The molecule has 0 aromatic carbocycles. The van der Waals surface area contributed by atoms with E-state index in [2.05, 4.69) is 20.8 Å².